The molecule has 0 atom stereocenters. The minimum atomic E-state index is -0.356. The van der Waals surface area contributed by atoms with Crippen molar-refractivity contribution >= 4 is 29.2 Å². The van der Waals surface area contributed by atoms with Crippen molar-refractivity contribution < 1.29 is 14.7 Å². The highest BCUT2D eigenvalue weighted by molar-refractivity contribution is 6.31. The molecule has 1 saturated carbocycles. The molecule has 8 heteroatoms. The molecule has 3 N–H and O–H groups in total. The summed E-state index contributed by atoms with van der Waals surface area (Å²) in [6, 6.07) is 13.6. The molecule has 2 amide bonds. The highest BCUT2D eigenvalue weighted by Crippen LogP contribution is 2.39. The van der Waals surface area contributed by atoms with Gasteiger partial charge in [-0.1, -0.05) is 36.2 Å². The van der Waals surface area contributed by atoms with E-state index in [2.05, 4.69) is 15.7 Å². The van der Waals surface area contributed by atoms with Gasteiger partial charge in [0, 0.05) is 35.7 Å². The summed E-state index contributed by atoms with van der Waals surface area (Å²) < 4.78 is 1.38. The summed E-state index contributed by atoms with van der Waals surface area (Å²) in [6.45, 7) is 1.69. The molecule has 1 aromatic heterocycles. The monoisotopic (exact) mass is 438 g/mol. The van der Waals surface area contributed by atoms with Crippen molar-refractivity contribution in [1.82, 2.24) is 15.1 Å². The lowest BCUT2D eigenvalue weighted by Gasteiger charge is -2.25. The van der Waals surface area contributed by atoms with E-state index in [1.165, 1.54) is 17.7 Å². The Labute approximate surface area is 185 Å². The third-order valence-electron chi connectivity index (χ3n) is 5.43. The van der Waals surface area contributed by atoms with Crippen molar-refractivity contribution in [2.24, 2.45) is 0 Å². The van der Waals surface area contributed by atoms with Gasteiger partial charge < -0.3 is 15.7 Å². The summed E-state index contributed by atoms with van der Waals surface area (Å²) >= 11 is 6.19. The molecule has 160 valence electrons. The highest BCUT2D eigenvalue weighted by Gasteiger charge is 2.27. The van der Waals surface area contributed by atoms with E-state index < -0.39 is 0 Å². The molecule has 2 aromatic carbocycles. The number of phenols is 1. The van der Waals surface area contributed by atoms with Crippen molar-refractivity contribution in [3.05, 3.63) is 64.8 Å². The number of carbonyl (C=O) groups excluding carboxylic acids is 2. The van der Waals surface area contributed by atoms with Crippen molar-refractivity contribution in [1.29, 1.82) is 0 Å². The summed E-state index contributed by atoms with van der Waals surface area (Å²) in [5.41, 5.74) is 3.09. The van der Waals surface area contributed by atoms with Gasteiger partial charge in [0.05, 0.1) is 11.4 Å². The van der Waals surface area contributed by atoms with Gasteiger partial charge in [0.2, 0.25) is 5.91 Å². The number of nitrogens with zero attached hydrogens (tertiary/aromatic N) is 2. The molecule has 1 fully saturated rings. The average molecular weight is 439 g/mol. The topological polar surface area (TPSA) is 96.2 Å². The van der Waals surface area contributed by atoms with E-state index in [0.717, 1.165) is 30.5 Å². The maximum Gasteiger partial charge on any atom is 0.342 e. The zero-order chi connectivity index (χ0) is 22.0. The lowest BCUT2D eigenvalue weighted by atomic mass is 9.82. The summed E-state index contributed by atoms with van der Waals surface area (Å²) in [7, 11) is 0. The van der Waals surface area contributed by atoms with Gasteiger partial charge in [0.1, 0.15) is 5.75 Å². The first-order valence-corrected chi connectivity index (χ1v) is 10.5. The SMILES string of the molecule is CC(=O)Nc1ccc(O)c(-c2cc(C3CCC3)n(C(=O)NCc3ccccc3Cl)n2)c1. The van der Waals surface area contributed by atoms with E-state index in [1.54, 1.807) is 18.2 Å². The van der Waals surface area contributed by atoms with Crippen LogP contribution in [0.2, 0.25) is 5.02 Å². The minimum absolute atomic E-state index is 0.0235. The van der Waals surface area contributed by atoms with E-state index in [1.807, 2.05) is 24.3 Å². The van der Waals surface area contributed by atoms with Crippen LogP contribution in [0.15, 0.2) is 48.5 Å². The van der Waals surface area contributed by atoms with E-state index in [0.29, 0.717) is 22.0 Å². The van der Waals surface area contributed by atoms with Crippen LogP contribution in [0, 0.1) is 0 Å². The fourth-order valence-corrected chi connectivity index (χ4v) is 3.80. The third kappa shape index (κ3) is 4.56. The van der Waals surface area contributed by atoms with Crippen LogP contribution in [0.5, 0.6) is 5.75 Å². The van der Waals surface area contributed by atoms with Crippen molar-refractivity contribution in [3.8, 4) is 17.0 Å². The maximum absolute atomic E-state index is 13.0. The van der Waals surface area contributed by atoms with E-state index in [-0.39, 0.29) is 30.2 Å². The van der Waals surface area contributed by atoms with Crippen LogP contribution in [0.4, 0.5) is 10.5 Å². The largest absolute Gasteiger partial charge is 0.507 e. The number of nitrogens with one attached hydrogen (secondary N) is 2. The average Bonchev–Trinajstić information content (AvgIpc) is 3.11. The molecule has 1 heterocycles. The van der Waals surface area contributed by atoms with Crippen molar-refractivity contribution in [3.63, 3.8) is 0 Å². The number of hydrogen-bond donors (Lipinski definition) is 3. The maximum atomic E-state index is 13.0. The number of benzene rings is 2. The molecule has 0 radical (unpaired) electrons. The molecule has 0 bridgehead atoms. The molecular formula is C23H23ClN4O3. The van der Waals surface area contributed by atoms with Gasteiger partial charge in [-0.05, 0) is 48.7 Å². The Bertz CT molecular complexity index is 1140. The molecule has 31 heavy (non-hydrogen) atoms. The van der Waals surface area contributed by atoms with Gasteiger partial charge in [-0.2, -0.15) is 9.78 Å². The summed E-state index contributed by atoms with van der Waals surface area (Å²) in [5.74, 6) is 0.0552. The van der Waals surface area contributed by atoms with Gasteiger partial charge in [0.25, 0.3) is 0 Å². The zero-order valence-corrected chi connectivity index (χ0v) is 17.8. The first kappa shape index (κ1) is 20.9. The fraction of sp³-hybridized carbons (Fsp3) is 0.261. The van der Waals surface area contributed by atoms with Crippen molar-refractivity contribution in [2.45, 2.75) is 38.6 Å². The number of halogens is 1. The number of carbonyl (C=O) groups is 2. The normalized spacial score (nSPS) is 13.5. The number of aromatic nitrogens is 2. The van der Waals surface area contributed by atoms with Crippen molar-refractivity contribution in [2.75, 3.05) is 5.32 Å². The van der Waals surface area contributed by atoms with Gasteiger partial charge in [-0.25, -0.2) is 4.79 Å². The number of phenolic OH excluding ortho intramolecular Hbond substituents is 1. The molecule has 0 aliphatic heterocycles. The van der Waals surface area contributed by atoms with E-state index in [9.17, 15) is 14.7 Å². The second-order valence-electron chi connectivity index (χ2n) is 7.66. The quantitative estimate of drug-likeness (QED) is 0.494. The minimum Gasteiger partial charge on any atom is -0.507 e. The zero-order valence-electron chi connectivity index (χ0n) is 17.1. The van der Waals surface area contributed by atoms with Crippen LogP contribution in [-0.4, -0.2) is 26.8 Å². The second-order valence-corrected chi connectivity index (χ2v) is 8.06. The van der Waals surface area contributed by atoms with Crippen LogP contribution in [-0.2, 0) is 11.3 Å². The van der Waals surface area contributed by atoms with Gasteiger partial charge in [-0.3, -0.25) is 4.79 Å². The van der Waals surface area contributed by atoms with E-state index >= 15 is 0 Å². The Balaban J connectivity index is 1.64. The molecular weight excluding hydrogens is 416 g/mol. The van der Waals surface area contributed by atoms with E-state index in [4.69, 9.17) is 11.6 Å². The van der Waals surface area contributed by atoms with Crippen LogP contribution in [0.1, 0.15) is 43.4 Å². The third-order valence-corrected chi connectivity index (χ3v) is 5.80. The van der Waals surface area contributed by atoms with Gasteiger partial charge >= 0.3 is 6.03 Å². The molecule has 3 aromatic rings. The van der Waals surface area contributed by atoms with Gasteiger partial charge in [-0.15, -0.1) is 0 Å². The Morgan fingerprint density at radius 1 is 1.19 bits per heavy atom. The number of amides is 2. The second kappa shape index (κ2) is 8.81. The number of aromatic hydroxyl groups is 1. The Kier molecular flexibility index (Phi) is 5.95. The Hall–Kier alpha value is -3.32. The highest BCUT2D eigenvalue weighted by atomic mass is 35.5. The molecule has 1 aliphatic rings. The summed E-state index contributed by atoms with van der Waals surface area (Å²) in [4.78, 5) is 24.3. The Morgan fingerprint density at radius 2 is 1.97 bits per heavy atom. The van der Waals surface area contributed by atoms with Crippen LogP contribution < -0.4 is 10.6 Å². The Morgan fingerprint density at radius 3 is 2.65 bits per heavy atom. The van der Waals surface area contributed by atoms with Crippen LogP contribution in [0.25, 0.3) is 11.3 Å². The number of anilines is 1. The summed E-state index contributed by atoms with van der Waals surface area (Å²) in [5, 5.41) is 21.0. The smallest absolute Gasteiger partial charge is 0.342 e. The summed E-state index contributed by atoms with van der Waals surface area (Å²) in [6.07, 6.45) is 3.08. The lowest BCUT2D eigenvalue weighted by Crippen LogP contribution is -2.31. The molecule has 4 rings (SSSR count). The number of rotatable bonds is 5. The molecule has 0 unspecified atom stereocenters. The first-order valence-electron chi connectivity index (χ1n) is 10.1. The molecule has 0 saturated heterocycles. The molecule has 0 spiro atoms. The number of hydrogen-bond acceptors (Lipinski definition) is 4. The van der Waals surface area contributed by atoms with Crippen LogP contribution in [0.3, 0.4) is 0 Å². The molecule has 7 nitrogen and oxygen atoms in total. The predicted octanol–water partition coefficient (Wildman–Crippen LogP) is 4.89. The molecule has 1 aliphatic carbocycles. The lowest BCUT2D eigenvalue weighted by molar-refractivity contribution is -0.114. The standard InChI is InChI=1S/C23H23ClN4O3/c1-14(29)26-17-9-10-22(30)18(11-17)20-12-21(15-6-4-7-15)28(27-20)23(31)25-13-16-5-2-3-8-19(16)24/h2-3,5,8-12,15,30H,4,6-7,13H2,1H3,(H,25,31)(H,26,29). The van der Waals surface area contributed by atoms with Crippen LogP contribution >= 0.6 is 11.6 Å². The van der Waals surface area contributed by atoms with Gasteiger partial charge in [0.15, 0.2) is 0 Å². The first-order chi connectivity index (χ1) is 14.9. The predicted molar refractivity (Wildman–Crippen MR) is 119 cm³/mol. The fourth-order valence-electron chi connectivity index (χ4n) is 3.59.